The summed E-state index contributed by atoms with van der Waals surface area (Å²) in [6.45, 7) is 8.48. The molecule has 2 aliphatic carbocycles. The summed E-state index contributed by atoms with van der Waals surface area (Å²) in [5.41, 5.74) is 0.121. The van der Waals surface area contributed by atoms with E-state index < -0.39 is 0 Å². The molecule has 0 aliphatic heterocycles. The van der Waals surface area contributed by atoms with Crippen LogP contribution in [-0.2, 0) is 9.59 Å². The van der Waals surface area contributed by atoms with E-state index in [0.717, 1.165) is 38.4 Å². The number of hydrogen-bond donors (Lipinski definition) is 0. The number of ketones is 1. The molecule has 0 saturated heterocycles. The van der Waals surface area contributed by atoms with E-state index in [1.54, 1.807) is 0 Å². The van der Waals surface area contributed by atoms with Crippen LogP contribution in [0.25, 0.3) is 0 Å². The second-order valence-corrected chi connectivity index (χ2v) is 6.26. The minimum absolute atomic E-state index is 0.117. The predicted octanol–water partition coefficient (Wildman–Crippen LogP) is 4.02. The average Bonchev–Trinajstić information content (AvgIpc) is 2.68. The average molecular weight is 252 g/mol. The summed E-state index contributed by atoms with van der Waals surface area (Å²) in [7, 11) is 0. The predicted molar refractivity (Wildman–Crippen MR) is 74.4 cm³/mol. The Kier molecular flexibility index (Phi) is 5.55. The van der Waals surface area contributed by atoms with Crippen molar-refractivity contribution >= 4 is 12.1 Å². The topological polar surface area (TPSA) is 34.1 Å². The minimum atomic E-state index is 0.117. The summed E-state index contributed by atoms with van der Waals surface area (Å²) in [5.74, 6) is 1.25. The van der Waals surface area contributed by atoms with Gasteiger partial charge in [0.2, 0.25) is 0 Å². The molecule has 2 rings (SSSR count). The van der Waals surface area contributed by atoms with E-state index in [1.807, 2.05) is 6.92 Å². The fraction of sp³-hybridized carbons (Fsp3) is 0.875. The van der Waals surface area contributed by atoms with Crippen LogP contribution in [0.2, 0.25) is 0 Å². The molecule has 0 aromatic rings. The van der Waals surface area contributed by atoms with Crippen LogP contribution in [0.1, 0.15) is 66.2 Å². The zero-order chi connectivity index (χ0) is 13.8. The van der Waals surface area contributed by atoms with Crippen LogP contribution in [-0.4, -0.2) is 12.1 Å². The van der Waals surface area contributed by atoms with Crippen LogP contribution in [0, 0.1) is 23.2 Å². The SMILES string of the molecule is CCC.C[C@H](C=O)C1CC[C@H]2C(=O)CCC[C@]12C. The molecule has 1 unspecified atom stereocenters. The zero-order valence-corrected chi connectivity index (χ0v) is 12.4. The Morgan fingerprint density at radius 2 is 2.00 bits per heavy atom. The second-order valence-electron chi connectivity index (χ2n) is 6.26. The van der Waals surface area contributed by atoms with Gasteiger partial charge < -0.3 is 4.79 Å². The molecule has 2 saturated carbocycles. The molecule has 0 bridgehead atoms. The first-order valence-corrected chi connectivity index (χ1v) is 7.49. The van der Waals surface area contributed by atoms with E-state index in [0.29, 0.717) is 11.7 Å². The maximum atomic E-state index is 11.8. The normalized spacial score (nSPS) is 36.3. The number of rotatable bonds is 2. The maximum Gasteiger partial charge on any atom is 0.136 e. The highest BCUT2D eigenvalue weighted by molar-refractivity contribution is 5.83. The van der Waals surface area contributed by atoms with Gasteiger partial charge in [0.25, 0.3) is 0 Å². The molecular weight excluding hydrogens is 224 g/mol. The van der Waals surface area contributed by atoms with Gasteiger partial charge in [-0.2, -0.15) is 0 Å². The van der Waals surface area contributed by atoms with Gasteiger partial charge in [0.05, 0.1) is 0 Å². The third-order valence-electron chi connectivity index (χ3n) is 4.79. The van der Waals surface area contributed by atoms with E-state index in [1.165, 1.54) is 6.42 Å². The van der Waals surface area contributed by atoms with Crippen LogP contribution >= 0.6 is 0 Å². The highest BCUT2D eigenvalue weighted by Gasteiger charge is 2.52. The van der Waals surface area contributed by atoms with Gasteiger partial charge in [-0.25, -0.2) is 0 Å². The molecule has 0 N–H and O–H groups in total. The second kappa shape index (κ2) is 6.49. The van der Waals surface area contributed by atoms with Crippen LogP contribution in [0.4, 0.5) is 0 Å². The van der Waals surface area contributed by atoms with Crippen molar-refractivity contribution in [2.45, 2.75) is 66.2 Å². The van der Waals surface area contributed by atoms with Crippen molar-refractivity contribution in [3.8, 4) is 0 Å². The van der Waals surface area contributed by atoms with Gasteiger partial charge in [-0.3, -0.25) is 4.79 Å². The Bertz CT molecular complexity index is 297. The molecule has 0 aromatic carbocycles. The Labute approximate surface area is 112 Å². The summed E-state index contributed by atoms with van der Waals surface area (Å²) in [6.07, 6.45) is 7.31. The summed E-state index contributed by atoms with van der Waals surface area (Å²) in [5, 5.41) is 0. The highest BCUT2D eigenvalue weighted by Crippen LogP contribution is 2.56. The lowest BCUT2D eigenvalue weighted by atomic mass is 9.62. The van der Waals surface area contributed by atoms with Crippen molar-refractivity contribution in [3.63, 3.8) is 0 Å². The van der Waals surface area contributed by atoms with Gasteiger partial charge in [-0.15, -0.1) is 0 Å². The van der Waals surface area contributed by atoms with Crippen molar-refractivity contribution in [3.05, 3.63) is 0 Å². The third-order valence-corrected chi connectivity index (χ3v) is 4.79. The summed E-state index contributed by atoms with van der Waals surface area (Å²) >= 11 is 0. The first-order valence-electron chi connectivity index (χ1n) is 7.49. The monoisotopic (exact) mass is 252 g/mol. The molecule has 2 aliphatic rings. The first kappa shape index (κ1) is 15.4. The smallest absolute Gasteiger partial charge is 0.136 e. The van der Waals surface area contributed by atoms with Gasteiger partial charge in [0.15, 0.2) is 0 Å². The Morgan fingerprint density at radius 1 is 1.39 bits per heavy atom. The molecule has 0 aromatic heterocycles. The Hall–Kier alpha value is -0.660. The lowest BCUT2D eigenvalue weighted by molar-refractivity contribution is -0.131. The van der Waals surface area contributed by atoms with Crippen LogP contribution in [0.3, 0.4) is 0 Å². The van der Waals surface area contributed by atoms with Crippen molar-refractivity contribution in [1.29, 1.82) is 0 Å². The lowest BCUT2D eigenvalue weighted by Crippen LogP contribution is -2.39. The van der Waals surface area contributed by atoms with Crippen molar-refractivity contribution < 1.29 is 9.59 Å². The standard InChI is InChI=1S/C13H20O2.C3H8/c1-9(8-14)10-5-6-11-12(15)4-3-7-13(10,11)2;1-3-2/h8-11H,3-7H2,1-2H3;3H2,1-2H3/t9-,10?,11+,13-;/m1./s1. The van der Waals surface area contributed by atoms with Crippen molar-refractivity contribution in [1.82, 2.24) is 0 Å². The summed E-state index contributed by atoms with van der Waals surface area (Å²) in [6, 6.07) is 0. The molecule has 2 heteroatoms. The summed E-state index contributed by atoms with van der Waals surface area (Å²) < 4.78 is 0. The largest absolute Gasteiger partial charge is 0.303 e. The molecule has 104 valence electrons. The molecule has 18 heavy (non-hydrogen) atoms. The number of Topliss-reactive ketones (excluding diaryl/α,β-unsaturated/α-hetero) is 1. The summed E-state index contributed by atoms with van der Waals surface area (Å²) in [4.78, 5) is 22.8. The highest BCUT2D eigenvalue weighted by atomic mass is 16.1. The maximum absolute atomic E-state index is 11.8. The number of carbonyl (C=O) groups excluding carboxylic acids is 2. The van der Waals surface area contributed by atoms with Crippen molar-refractivity contribution in [2.24, 2.45) is 23.2 Å². The number of aldehydes is 1. The Balaban J connectivity index is 0.000000492. The van der Waals surface area contributed by atoms with E-state index in [-0.39, 0.29) is 17.3 Å². The number of fused-ring (bicyclic) bond motifs is 1. The van der Waals surface area contributed by atoms with E-state index >= 15 is 0 Å². The minimum Gasteiger partial charge on any atom is -0.303 e. The Morgan fingerprint density at radius 3 is 2.56 bits per heavy atom. The quantitative estimate of drug-likeness (QED) is 0.695. The number of hydrogen-bond acceptors (Lipinski definition) is 2. The van der Waals surface area contributed by atoms with Crippen LogP contribution < -0.4 is 0 Å². The van der Waals surface area contributed by atoms with Gasteiger partial charge in [-0.1, -0.05) is 34.1 Å². The van der Waals surface area contributed by atoms with E-state index in [4.69, 9.17) is 0 Å². The molecule has 0 spiro atoms. The fourth-order valence-electron chi connectivity index (χ4n) is 3.93. The van der Waals surface area contributed by atoms with Crippen molar-refractivity contribution in [2.75, 3.05) is 0 Å². The first-order chi connectivity index (χ1) is 8.51. The molecule has 4 atom stereocenters. The molecule has 0 radical (unpaired) electrons. The van der Waals surface area contributed by atoms with E-state index in [9.17, 15) is 9.59 Å². The third kappa shape index (κ3) is 2.84. The number of carbonyl (C=O) groups is 2. The van der Waals surface area contributed by atoms with Crippen LogP contribution in [0.5, 0.6) is 0 Å². The molecule has 0 heterocycles. The van der Waals surface area contributed by atoms with Gasteiger partial charge >= 0.3 is 0 Å². The van der Waals surface area contributed by atoms with Crippen LogP contribution in [0.15, 0.2) is 0 Å². The zero-order valence-electron chi connectivity index (χ0n) is 12.4. The van der Waals surface area contributed by atoms with E-state index in [2.05, 4.69) is 20.8 Å². The fourth-order valence-corrected chi connectivity index (χ4v) is 3.93. The molecular formula is C16H28O2. The lowest BCUT2D eigenvalue weighted by Gasteiger charge is -2.41. The molecule has 2 nitrogen and oxygen atoms in total. The van der Waals surface area contributed by atoms with Gasteiger partial charge in [-0.05, 0) is 37.0 Å². The molecule has 0 amide bonds. The van der Waals surface area contributed by atoms with Gasteiger partial charge in [0, 0.05) is 18.3 Å². The molecule has 2 fully saturated rings. The van der Waals surface area contributed by atoms with Gasteiger partial charge in [0.1, 0.15) is 12.1 Å².